The maximum absolute atomic E-state index is 11.7. The Hall–Kier alpha value is -2.56. The van der Waals surface area contributed by atoms with E-state index in [4.69, 9.17) is 4.74 Å². The molecule has 1 N–H and O–H groups in total. The van der Waals surface area contributed by atoms with E-state index in [9.17, 15) is 4.79 Å². The molecule has 0 bridgehead atoms. The van der Waals surface area contributed by atoms with Crippen molar-refractivity contribution in [3.63, 3.8) is 0 Å². The molecule has 2 aromatic rings. The van der Waals surface area contributed by atoms with Gasteiger partial charge in [0.2, 0.25) is 5.91 Å². The average Bonchev–Trinajstić information content (AvgIpc) is 2.95. The molecule has 0 aliphatic rings. The van der Waals surface area contributed by atoms with Gasteiger partial charge in [0.05, 0.1) is 12.8 Å². The summed E-state index contributed by atoms with van der Waals surface area (Å²) in [6.07, 6.45) is 6.12. The number of nitrogens with zero attached hydrogens (tertiary/aromatic N) is 2. The number of aryl methyl sites for hydroxylation is 2. The summed E-state index contributed by atoms with van der Waals surface area (Å²) in [5, 5.41) is 7.16. The van der Waals surface area contributed by atoms with E-state index in [2.05, 4.69) is 10.4 Å². The highest BCUT2D eigenvalue weighted by atomic mass is 16.5. The predicted octanol–water partition coefficient (Wildman–Crippen LogP) is 2.42. The quantitative estimate of drug-likeness (QED) is 0.631. The van der Waals surface area contributed by atoms with E-state index in [0.29, 0.717) is 6.54 Å². The van der Waals surface area contributed by atoms with Crippen molar-refractivity contribution in [3.05, 3.63) is 53.9 Å². The highest BCUT2D eigenvalue weighted by molar-refractivity contribution is 5.91. The molecule has 0 radical (unpaired) electrons. The highest BCUT2D eigenvalue weighted by Gasteiger charge is 1.97. The smallest absolute Gasteiger partial charge is 0.244 e. The summed E-state index contributed by atoms with van der Waals surface area (Å²) in [5.74, 6) is 0.711. The van der Waals surface area contributed by atoms with Crippen molar-refractivity contribution in [1.82, 2.24) is 15.1 Å². The van der Waals surface area contributed by atoms with E-state index < -0.39 is 0 Å². The van der Waals surface area contributed by atoms with Gasteiger partial charge in [0, 0.05) is 25.4 Å². The lowest BCUT2D eigenvalue weighted by Crippen LogP contribution is -2.23. The molecule has 0 aliphatic carbocycles. The zero-order valence-electron chi connectivity index (χ0n) is 13.0. The third-order valence-corrected chi connectivity index (χ3v) is 3.18. The van der Waals surface area contributed by atoms with E-state index in [1.54, 1.807) is 19.3 Å². The van der Waals surface area contributed by atoms with Gasteiger partial charge in [-0.2, -0.15) is 5.10 Å². The summed E-state index contributed by atoms with van der Waals surface area (Å²) >= 11 is 0. The molecule has 22 heavy (non-hydrogen) atoms. The maximum atomic E-state index is 11.7. The van der Waals surface area contributed by atoms with E-state index in [1.807, 2.05) is 48.1 Å². The SMILES string of the molecule is COc1ccc(/C=C/C(=O)NCCCn2ccc(C)n2)cc1. The second-order valence-corrected chi connectivity index (χ2v) is 4.97. The molecule has 2 rings (SSSR count). The Morgan fingerprint density at radius 2 is 2.09 bits per heavy atom. The maximum Gasteiger partial charge on any atom is 0.244 e. The van der Waals surface area contributed by atoms with E-state index >= 15 is 0 Å². The summed E-state index contributed by atoms with van der Waals surface area (Å²) < 4.78 is 6.97. The van der Waals surface area contributed by atoms with E-state index in [-0.39, 0.29) is 5.91 Å². The second kappa shape index (κ2) is 8.02. The van der Waals surface area contributed by atoms with Crippen molar-refractivity contribution in [3.8, 4) is 5.75 Å². The van der Waals surface area contributed by atoms with Crippen LogP contribution in [-0.2, 0) is 11.3 Å². The number of benzene rings is 1. The number of hydrogen-bond acceptors (Lipinski definition) is 3. The molecule has 1 heterocycles. The molecule has 5 nitrogen and oxygen atoms in total. The lowest BCUT2D eigenvalue weighted by molar-refractivity contribution is -0.116. The largest absolute Gasteiger partial charge is 0.497 e. The van der Waals surface area contributed by atoms with Gasteiger partial charge >= 0.3 is 0 Å². The number of aromatic nitrogens is 2. The molecule has 0 saturated heterocycles. The first kappa shape index (κ1) is 15.8. The first-order chi connectivity index (χ1) is 10.7. The topological polar surface area (TPSA) is 56.1 Å². The van der Waals surface area contributed by atoms with Crippen molar-refractivity contribution < 1.29 is 9.53 Å². The molecule has 1 aromatic heterocycles. The standard InChI is InChI=1S/C17H21N3O2/c1-14-10-13-20(19-14)12-3-11-18-17(21)9-6-15-4-7-16(22-2)8-5-15/h4-10,13H,3,11-12H2,1-2H3,(H,18,21)/b9-6+. The van der Waals surface area contributed by atoms with Crippen LogP contribution in [0.5, 0.6) is 5.75 Å². The molecule has 1 amide bonds. The third kappa shape index (κ3) is 5.09. The molecule has 0 unspecified atom stereocenters. The molecular formula is C17H21N3O2. The number of rotatable bonds is 7. The zero-order valence-corrected chi connectivity index (χ0v) is 13.0. The Morgan fingerprint density at radius 3 is 2.73 bits per heavy atom. The van der Waals surface area contributed by atoms with Crippen LogP contribution in [0.1, 0.15) is 17.7 Å². The van der Waals surface area contributed by atoms with Crippen molar-refractivity contribution >= 4 is 12.0 Å². The Balaban J connectivity index is 1.69. The monoisotopic (exact) mass is 299 g/mol. The summed E-state index contributed by atoms with van der Waals surface area (Å²) in [7, 11) is 1.63. The zero-order chi connectivity index (χ0) is 15.8. The number of ether oxygens (including phenoxy) is 1. The normalized spacial score (nSPS) is 10.8. The van der Waals surface area contributed by atoms with Crippen LogP contribution in [-0.4, -0.2) is 29.3 Å². The second-order valence-electron chi connectivity index (χ2n) is 4.97. The van der Waals surface area contributed by atoms with Gasteiger partial charge in [-0.3, -0.25) is 9.48 Å². The van der Waals surface area contributed by atoms with Crippen LogP contribution >= 0.6 is 0 Å². The van der Waals surface area contributed by atoms with Crippen LogP contribution in [0.15, 0.2) is 42.6 Å². The summed E-state index contributed by atoms with van der Waals surface area (Å²) in [5.41, 5.74) is 1.97. The third-order valence-electron chi connectivity index (χ3n) is 3.18. The van der Waals surface area contributed by atoms with Gasteiger partial charge in [-0.25, -0.2) is 0 Å². The fourth-order valence-electron chi connectivity index (χ4n) is 1.99. The minimum Gasteiger partial charge on any atom is -0.497 e. The van der Waals surface area contributed by atoms with Crippen molar-refractivity contribution in [2.75, 3.05) is 13.7 Å². The lowest BCUT2D eigenvalue weighted by atomic mass is 10.2. The summed E-state index contributed by atoms with van der Waals surface area (Å²) in [6, 6.07) is 9.51. The van der Waals surface area contributed by atoms with Gasteiger partial charge in [0.25, 0.3) is 0 Å². The minimum absolute atomic E-state index is 0.0903. The molecule has 5 heteroatoms. The molecule has 0 fully saturated rings. The lowest BCUT2D eigenvalue weighted by Gasteiger charge is -2.03. The van der Waals surface area contributed by atoms with Gasteiger partial charge in [0.15, 0.2) is 0 Å². The number of nitrogens with one attached hydrogen (secondary N) is 1. The highest BCUT2D eigenvalue weighted by Crippen LogP contribution is 2.12. The molecular weight excluding hydrogens is 278 g/mol. The Bertz CT molecular complexity index is 630. The van der Waals surface area contributed by atoms with Gasteiger partial charge in [-0.15, -0.1) is 0 Å². The fourth-order valence-corrected chi connectivity index (χ4v) is 1.99. The Kier molecular flexibility index (Phi) is 5.77. The van der Waals surface area contributed by atoms with Crippen LogP contribution in [0.25, 0.3) is 6.08 Å². The average molecular weight is 299 g/mol. The van der Waals surface area contributed by atoms with Crippen LogP contribution in [0.4, 0.5) is 0 Å². The molecule has 116 valence electrons. The van der Waals surface area contributed by atoms with Crippen molar-refractivity contribution in [2.45, 2.75) is 19.9 Å². The van der Waals surface area contributed by atoms with Crippen LogP contribution in [0.2, 0.25) is 0 Å². The van der Waals surface area contributed by atoms with Crippen LogP contribution in [0.3, 0.4) is 0 Å². The van der Waals surface area contributed by atoms with Crippen molar-refractivity contribution in [2.24, 2.45) is 0 Å². The summed E-state index contributed by atoms with van der Waals surface area (Å²) in [6.45, 7) is 3.39. The van der Waals surface area contributed by atoms with Gasteiger partial charge in [-0.1, -0.05) is 12.1 Å². The fraction of sp³-hybridized carbons (Fsp3) is 0.294. The Labute approximate surface area is 130 Å². The molecule has 1 aromatic carbocycles. The minimum atomic E-state index is -0.0903. The van der Waals surface area contributed by atoms with Gasteiger partial charge < -0.3 is 10.1 Å². The number of methoxy groups -OCH3 is 1. The van der Waals surface area contributed by atoms with Crippen LogP contribution in [0, 0.1) is 6.92 Å². The first-order valence-corrected chi connectivity index (χ1v) is 7.27. The van der Waals surface area contributed by atoms with Crippen molar-refractivity contribution in [1.29, 1.82) is 0 Å². The first-order valence-electron chi connectivity index (χ1n) is 7.27. The summed E-state index contributed by atoms with van der Waals surface area (Å²) in [4.78, 5) is 11.7. The molecule has 0 saturated carbocycles. The number of amides is 1. The number of carbonyl (C=O) groups excluding carboxylic acids is 1. The molecule has 0 spiro atoms. The number of hydrogen-bond donors (Lipinski definition) is 1. The van der Waals surface area contributed by atoms with Gasteiger partial charge in [-0.05, 0) is 43.2 Å². The molecule has 0 atom stereocenters. The van der Waals surface area contributed by atoms with Crippen LogP contribution < -0.4 is 10.1 Å². The predicted molar refractivity (Wildman–Crippen MR) is 86.6 cm³/mol. The Morgan fingerprint density at radius 1 is 1.32 bits per heavy atom. The van der Waals surface area contributed by atoms with Gasteiger partial charge in [0.1, 0.15) is 5.75 Å². The van der Waals surface area contributed by atoms with E-state index in [1.165, 1.54) is 0 Å². The van der Waals surface area contributed by atoms with E-state index in [0.717, 1.165) is 30.0 Å². The molecule has 0 aliphatic heterocycles. The number of carbonyl (C=O) groups is 1.